The summed E-state index contributed by atoms with van der Waals surface area (Å²) in [5.41, 5.74) is 3.41. The summed E-state index contributed by atoms with van der Waals surface area (Å²) in [6, 6.07) is 14.3. The molecule has 3 heterocycles. The number of benzene rings is 1. The van der Waals surface area contributed by atoms with Gasteiger partial charge in [0.25, 0.3) is 0 Å². The van der Waals surface area contributed by atoms with Crippen molar-refractivity contribution in [2.45, 2.75) is 38.0 Å². The Labute approximate surface area is 178 Å². The van der Waals surface area contributed by atoms with Crippen LogP contribution in [-0.4, -0.2) is 53.9 Å². The van der Waals surface area contributed by atoms with E-state index in [1.54, 1.807) is 0 Å². The number of carbonyl (C=O) groups is 1. The molecule has 0 radical (unpaired) electrons. The second-order valence-electron chi connectivity index (χ2n) is 8.56. The van der Waals surface area contributed by atoms with Gasteiger partial charge >= 0.3 is 0 Å². The first-order valence-corrected chi connectivity index (χ1v) is 11.1. The molecule has 0 spiro atoms. The topological polar surface area (TPSA) is 36.4 Å². The predicted molar refractivity (Wildman–Crippen MR) is 117 cm³/mol. The van der Waals surface area contributed by atoms with Gasteiger partial charge in [-0.1, -0.05) is 29.8 Å². The Kier molecular flexibility index (Phi) is 6.51. The molecule has 0 bridgehead atoms. The Hall–Kier alpha value is -1.91. The van der Waals surface area contributed by atoms with Crippen LogP contribution in [0, 0.1) is 5.92 Å². The fraction of sp³-hybridized carbons (Fsp3) is 0.500. The summed E-state index contributed by atoms with van der Waals surface area (Å²) in [5.74, 6) is 0.901. The first kappa shape index (κ1) is 20.4. The van der Waals surface area contributed by atoms with Crippen molar-refractivity contribution in [2.75, 3.05) is 33.2 Å². The highest BCUT2D eigenvalue weighted by molar-refractivity contribution is 6.30. The van der Waals surface area contributed by atoms with Gasteiger partial charge in [-0.15, -0.1) is 0 Å². The van der Waals surface area contributed by atoms with Crippen LogP contribution >= 0.6 is 11.6 Å². The summed E-state index contributed by atoms with van der Waals surface area (Å²) < 4.78 is 0. The Morgan fingerprint density at radius 2 is 1.83 bits per heavy atom. The van der Waals surface area contributed by atoms with E-state index in [0.717, 1.165) is 74.7 Å². The number of aromatic nitrogens is 1. The van der Waals surface area contributed by atoms with E-state index in [4.69, 9.17) is 16.6 Å². The normalized spacial score (nSPS) is 21.3. The van der Waals surface area contributed by atoms with E-state index in [0.29, 0.717) is 11.8 Å². The van der Waals surface area contributed by atoms with Gasteiger partial charge in [0.1, 0.15) is 0 Å². The third-order valence-corrected chi connectivity index (χ3v) is 6.60. The average Bonchev–Trinajstić information content (AvgIpc) is 2.76. The number of nitrogens with zero attached hydrogens (tertiary/aromatic N) is 3. The third-order valence-electron chi connectivity index (χ3n) is 6.35. The van der Waals surface area contributed by atoms with Gasteiger partial charge in [-0.05, 0) is 75.6 Å². The molecule has 2 aliphatic heterocycles. The van der Waals surface area contributed by atoms with E-state index in [9.17, 15) is 4.79 Å². The third kappa shape index (κ3) is 5.18. The molecule has 1 unspecified atom stereocenters. The fourth-order valence-electron chi connectivity index (χ4n) is 4.57. The molecule has 2 aliphatic rings. The van der Waals surface area contributed by atoms with Crippen molar-refractivity contribution in [3.63, 3.8) is 0 Å². The number of hydrogen-bond donors (Lipinski definition) is 0. The number of amides is 1. The summed E-state index contributed by atoms with van der Waals surface area (Å²) in [6.07, 6.45) is 4.95. The largest absolute Gasteiger partial charge is 0.342 e. The number of likely N-dealkylation sites (tertiary alicyclic amines) is 2. The molecule has 1 aromatic heterocycles. The maximum atomic E-state index is 13.0. The number of carbonyl (C=O) groups excluding carboxylic acids is 1. The summed E-state index contributed by atoms with van der Waals surface area (Å²) in [7, 11) is 2.14. The van der Waals surface area contributed by atoms with Crippen LogP contribution in [-0.2, 0) is 11.2 Å². The zero-order valence-electron chi connectivity index (χ0n) is 17.2. The minimum absolute atomic E-state index is 0.203. The minimum Gasteiger partial charge on any atom is -0.342 e. The van der Waals surface area contributed by atoms with Crippen molar-refractivity contribution in [2.24, 2.45) is 5.92 Å². The Morgan fingerprint density at radius 1 is 1.07 bits per heavy atom. The summed E-state index contributed by atoms with van der Waals surface area (Å²) in [6.45, 7) is 3.76. The number of piperidine rings is 2. The minimum atomic E-state index is 0.203. The van der Waals surface area contributed by atoms with Crippen LogP contribution in [0.2, 0.25) is 5.02 Å². The van der Waals surface area contributed by atoms with Crippen LogP contribution in [0.3, 0.4) is 0 Å². The van der Waals surface area contributed by atoms with E-state index >= 15 is 0 Å². The van der Waals surface area contributed by atoms with E-state index in [1.165, 1.54) is 5.56 Å². The first-order valence-electron chi connectivity index (χ1n) is 10.8. The van der Waals surface area contributed by atoms with Crippen molar-refractivity contribution in [3.8, 4) is 0 Å². The Bertz CT molecular complexity index is 830. The molecule has 1 atom stereocenters. The number of halogens is 1. The zero-order chi connectivity index (χ0) is 20.2. The molecule has 2 fully saturated rings. The fourth-order valence-corrected chi connectivity index (χ4v) is 4.69. The van der Waals surface area contributed by atoms with Crippen molar-refractivity contribution < 1.29 is 4.79 Å². The van der Waals surface area contributed by atoms with Gasteiger partial charge in [-0.25, -0.2) is 0 Å². The molecule has 2 saturated heterocycles. The number of pyridine rings is 1. The lowest BCUT2D eigenvalue weighted by atomic mass is 9.90. The SMILES string of the molecule is CN1CCC(C(=O)N2CCCC(c3cccc(Cc4ccc(Cl)cc4)n3)C2)CC1. The summed E-state index contributed by atoms with van der Waals surface area (Å²) in [4.78, 5) is 22.4. The van der Waals surface area contributed by atoms with Gasteiger partial charge < -0.3 is 9.80 Å². The molecular formula is C24H30ClN3O. The lowest BCUT2D eigenvalue weighted by Crippen LogP contribution is -2.45. The molecule has 0 aliphatic carbocycles. The van der Waals surface area contributed by atoms with Gasteiger partial charge in [-0.2, -0.15) is 0 Å². The van der Waals surface area contributed by atoms with Crippen LogP contribution in [0.15, 0.2) is 42.5 Å². The monoisotopic (exact) mass is 411 g/mol. The van der Waals surface area contributed by atoms with Crippen LogP contribution in [0.25, 0.3) is 0 Å². The van der Waals surface area contributed by atoms with Gasteiger partial charge in [0.15, 0.2) is 0 Å². The van der Waals surface area contributed by atoms with Crippen LogP contribution in [0.1, 0.15) is 48.6 Å². The Morgan fingerprint density at radius 3 is 2.59 bits per heavy atom. The molecule has 5 heteroatoms. The molecule has 29 heavy (non-hydrogen) atoms. The number of hydrogen-bond acceptors (Lipinski definition) is 3. The molecule has 4 rings (SSSR count). The van der Waals surface area contributed by atoms with Gasteiger partial charge in [0.2, 0.25) is 5.91 Å². The highest BCUT2D eigenvalue weighted by Crippen LogP contribution is 2.28. The average molecular weight is 412 g/mol. The molecule has 154 valence electrons. The molecule has 1 aromatic carbocycles. The van der Waals surface area contributed by atoms with E-state index in [-0.39, 0.29) is 5.92 Å². The highest BCUT2D eigenvalue weighted by atomic mass is 35.5. The molecular weight excluding hydrogens is 382 g/mol. The highest BCUT2D eigenvalue weighted by Gasteiger charge is 2.31. The smallest absolute Gasteiger partial charge is 0.225 e. The maximum Gasteiger partial charge on any atom is 0.225 e. The van der Waals surface area contributed by atoms with Crippen LogP contribution < -0.4 is 0 Å². The standard InChI is InChI=1S/C24H30ClN3O/c1-27-14-11-19(12-15-27)24(29)28-13-3-4-20(17-28)23-6-2-5-22(26-23)16-18-7-9-21(25)10-8-18/h2,5-10,19-20H,3-4,11-17H2,1H3. The van der Waals surface area contributed by atoms with E-state index in [1.807, 2.05) is 12.1 Å². The van der Waals surface area contributed by atoms with Crippen molar-refractivity contribution >= 4 is 17.5 Å². The second-order valence-corrected chi connectivity index (χ2v) is 8.99. The van der Waals surface area contributed by atoms with E-state index < -0.39 is 0 Å². The molecule has 0 saturated carbocycles. The zero-order valence-corrected chi connectivity index (χ0v) is 17.9. The van der Waals surface area contributed by atoms with Gasteiger partial charge in [0.05, 0.1) is 0 Å². The lowest BCUT2D eigenvalue weighted by molar-refractivity contribution is -0.138. The number of rotatable bonds is 4. The maximum absolute atomic E-state index is 13.0. The summed E-state index contributed by atoms with van der Waals surface area (Å²) >= 11 is 5.99. The van der Waals surface area contributed by atoms with Crippen molar-refractivity contribution in [1.29, 1.82) is 0 Å². The van der Waals surface area contributed by atoms with E-state index in [2.05, 4.69) is 47.2 Å². The quantitative estimate of drug-likeness (QED) is 0.749. The van der Waals surface area contributed by atoms with Gasteiger partial charge in [-0.3, -0.25) is 9.78 Å². The molecule has 2 aromatic rings. The van der Waals surface area contributed by atoms with Crippen LogP contribution in [0.5, 0.6) is 0 Å². The molecule has 0 N–H and O–H groups in total. The predicted octanol–water partition coefficient (Wildman–Crippen LogP) is 4.37. The lowest BCUT2D eigenvalue weighted by Gasteiger charge is -2.37. The van der Waals surface area contributed by atoms with Gasteiger partial charge in [0, 0.05) is 47.8 Å². The van der Waals surface area contributed by atoms with Crippen LogP contribution in [0.4, 0.5) is 0 Å². The second kappa shape index (κ2) is 9.27. The molecule has 1 amide bonds. The molecule has 4 nitrogen and oxygen atoms in total. The first-order chi connectivity index (χ1) is 14.1. The Balaban J connectivity index is 1.41. The summed E-state index contributed by atoms with van der Waals surface area (Å²) in [5, 5.41) is 0.757. The van der Waals surface area contributed by atoms with Crippen molar-refractivity contribution in [3.05, 3.63) is 64.4 Å². The van der Waals surface area contributed by atoms with Crippen molar-refractivity contribution in [1.82, 2.24) is 14.8 Å².